The molecule has 0 aromatic heterocycles. The second kappa shape index (κ2) is 4.85. The summed E-state index contributed by atoms with van der Waals surface area (Å²) in [5.74, 6) is -12.5. The molecule has 0 fully saturated rings. The standard InChI is InChI=1S/C9H9F11O/c1-4(2,3)5(10,11)9(19,20)21-6(12,7(13,14)15)8(16,17)18/h1-3H3. The fourth-order valence-corrected chi connectivity index (χ4v) is 0.954. The van der Waals surface area contributed by atoms with Gasteiger partial charge >= 0.3 is 30.2 Å². The van der Waals surface area contributed by atoms with Gasteiger partial charge in [-0.2, -0.15) is 48.3 Å². The molecule has 0 bridgehead atoms. The second-order valence-corrected chi connectivity index (χ2v) is 5.03. The molecule has 0 unspecified atom stereocenters. The molecule has 0 N–H and O–H groups in total. The number of hydrogen-bond acceptors (Lipinski definition) is 1. The Morgan fingerprint density at radius 3 is 1.05 bits per heavy atom. The van der Waals surface area contributed by atoms with Crippen molar-refractivity contribution in [2.45, 2.75) is 51.0 Å². The van der Waals surface area contributed by atoms with Crippen LogP contribution in [0.1, 0.15) is 20.8 Å². The molecule has 128 valence electrons. The van der Waals surface area contributed by atoms with Crippen LogP contribution in [0.4, 0.5) is 48.3 Å². The van der Waals surface area contributed by atoms with E-state index in [2.05, 4.69) is 0 Å². The first-order valence-corrected chi connectivity index (χ1v) is 4.99. The lowest BCUT2D eigenvalue weighted by molar-refractivity contribution is -0.509. The van der Waals surface area contributed by atoms with Gasteiger partial charge in [-0.15, -0.1) is 0 Å². The molecule has 0 atom stereocenters. The maximum atomic E-state index is 13.2. The lowest BCUT2D eigenvalue weighted by atomic mass is 9.87. The van der Waals surface area contributed by atoms with E-state index in [9.17, 15) is 48.3 Å². The predicted molar refractivity (Wildman–Crippen MR) is 46.4 cm³/mol. The van der Waals surface area contributed by atoms with Crippen LogP contribution in [0.25, 0.3) is 0 Å². The highest BCUT2D eigenvalue weighted by atomic mass is 19.4. The first-order chi connectivity index (χ1) is 8.71. The van der Waals surface area contributed by atoms with E-state index < -0.39 is 35.7 Å². The third-order valence-corrected chi connectivity index (χ3v) is 2.31. The van der Waals surface area contributed by atoms with Gasteiger partial charge in [0.2, 0.25) is 0 Å². The molecule has 0 saturated carbocycles. The Hall–Kier alpha value is -0.810. The summed E-state index contributed by atoms with van der Waals surface area (Å²) >= 11 is 0. The van der Waals surface area contributed by atoms with Crippen LogP contribution in [0.2, 0.25) is 0 Å². The van der Waals surface area contributed by atoms with Crippen LogP contribution in [0.15, 0.2) is 0 Å². The summed E-state index contributed by atoms with van der Waals surface area (Å²) in [7, 11) is 0. The Morgan fingerprint density at radius 2 is 0.857 bits per heavy atom. The topological polar surface area (TPSA) is 9.23 Å². The summed E-state index contributed by atoms with van der Waals surface area (Å²) in [5, 5.41) is 0. The molecule has 12 heteroatoms. The average molecular weight is 342 g/mol. The molecule has 21 heavy (non-hydrogen) atoms. The number of hydrogen-bond donors (Lipinski definition) is 0. The van der Waals surface area contributed by atoms with E-state index in [-0.39, 0.29) is 0 Å². The minimum Gasteiger partial charge on any atom is -0.262 e. The molecule has 0 aliphatic carbocycles. The zero-order valence-corrected chi connectivity index (χ0v) is 10.6. The first-order valence-electron chi connectivity index (χ1n) is 4.99. The van der Waals surface area contributed by atoms with E-state index in [4.69, 9.17) is 0 Å². The van der Waals surface area contributed by atoms with Crippen molar-refractivity contribution in [2.75, 3.05) is 0 Å². The molecule has 0 spiro atoms. The van der Waals surface area contributed by atoms with Crippen molar-refractivity contribution in [1.29, 1.82) is 0 Å². The maximum absolute atomic E-state index is 13.2. The van der Waals surface area contributed by atoms with Gasteiger partial charge in [-0.3, -0.25) is 4.74 Å². The third-order valence-electron chi connectivity index (χ3n) is 2.31. The van der Waals surface area contributed by atoms with Crippen molar-refractivity contribution in [3.63, 3.8) is 0 Å². The number of rotatable bonds is 3. The van der Waals surface area contributed by atoms with Gasteiger partial charge in [0.25, 0.3) is 0 Å². The molecule has 0 amide bonds. The summed E-state index contributed by atoms with van der Waals surface area (Å²) < 4.78 is 140. The van der Waals surface area contributed by atoms with Crippen LogP contribution in [0.3, 0.4) is 0 Å². The third kappa shape index (κ3) is 3.34. The van der Waals surface area contributed by atoms with E-state index in [1.807, 2.05) is 4.74 Å². The summed E-state index contributed by atoms with van der Waals surface area (Å²) in [5.41, 5.74) is -2.81. The molecule has 0 aliphatic rings. The van der Waals surface area contributed by atoms with Crippen molar-refractivity contribution >= 4 is 0 Å². The monoisotopic (exact) mass is 342 g/mol. The number of alkyl halides is 11. The highest BCUT2D eigenvalue weighted by Gasteiger charge is 2.80. The minimum absolute atomic E-state index is 0.394. The van der Waals surface area contributed by atoms with Gasteiger partial charge in [-0.25, -0.2) is 0 Å². The molecule has 0 aromatic rings. The first kappa shape index (κ1) is 20.2. The van der Waals surface area contributed by atoms with Gasteiger partial charge in [-0.05, 0) is 0 Å². The van der Waals surface area contributed by atoms with Gasteiger partial charge in [0.15, 0.2) is 0 Å². The van der Waals surface area contributed by atoms with Gasteiger partial charge in [0, 0.05) is 5.41 Å². The van der Waals surface area contributed by atoms with Crippen LogP contribution in [-0.4, -0.2) is 30.2 Å². The smallest absolute Gasteiger partial charge is 0.262 e. The Morgan fingerprint density at radius 1 is 0.571 bits per heavy atom. The fourth-order valence-electron chi connectivity index (χ4n) is 0.954. The normalized spacial score (nSPS) is 16.3. The number of ether oxygens (including phenoxy) is 1. The van der Waals surface area contributed by atoms with Gasteiger partial charge in [-0.1, -0.05) is 20.8 Å². The van der Waals surface area contributed by atoms with Crippen LogP contribution in [0, 0.1) is 5.41 Å². The molecular formula is C9H9F11O. The van der Waals surface area contributed by atoms with Crippen LogP contribution in [-0.2, 0) is 4.74 Å². The maximum Gasteiger partial charge on any atom is 0.458 e. The lowest BCUT2D eigenvalue weighted by Crippen LogP contribution is -2.63. The molecule has 0 rings (SSSR count). The second-order valence-electron chi connectivity index (χ2n) is 5.03. The molecule has 0 aromatic carbocycles. The summed E-state index contributed by atoms with van der Waals surface area (Å²) in [6.45, 7) is 1.18. The Kier molecular flexibility index (Phi) is 4.66. The van der Waals surface area contributed by atoms with Crippen molar-refractivity contribution < 1.29 is 53.0 Å². The van der Waals surface area contributed by atoms with E-state index in [0.29, 0.717) is 20.8 Å². The number of halogens is 11. The van der Waals surface area contributed by atoms with E-state index >= 15 is 0 Å². The molecule has 0 radical (unpaired) electrons. The fraction of sp³-hybridized carbons (Fsp3) is 1.00. The molecule has 0 heterocycles. The Labute approximate surface area is 111 Å². The van der Waals surface area contributed by atoms with E-state index in [1.165, 1.54) is 0 Å². The van der Waals surface area contributed by atoms with Crippen molar-refractivity contribution in [1.82, 2.24) is 0 Å². The van der Waals surface area contributed by atoms with Gasteiger partial charge < -0.3 is 0 Å². The molecule has 1 nitrogen and oxygen atoms in total. The summed E-state index contributed by atoms with van der Waals surface area (Å²) in [6, 6.07) is 0. The zero-order valence-electron chi connectivity index (χ0n) is 10.6. The molecular weight excluding hydrogens is 333 g/mol. The minimum atomic E-state index is -7.04. The Bertz CT molecular complexity index is 359. The molecule has 0 aliphatic heterocycles. The lowest BCUT2D eigenvalue weighted by Gasteiger charge is -2.39. The van der Waals surface area contributed by atoms with E-state index in [0.717, 1.165) is 0 Å². The van der Waals surface area contributed by atoms with Gasteiger partial charge in [0.1, 0.15) is 0 Å². The van der Waals surface area contributed by atoms with Crippen LogP contribution in [0.5, 0.6) is 0 Å². The summed E-state index contributed by atoms with van der Waals surface area (Å²) in [6.07, 6.45) is -20.4. The SMILES string of the molecule is CC(C)(C)C(F)(F)C(F)(F)OC(F)(C(F)(F)F)C(F)(F)F. The van der Waals surface area contributed by atoms with Crippen molar-refractivity contribution in [3.05, 3.63) is 0 Å². The van der Waals surface area contributed by atoms with Gasteiger partial charge in [0.05, 0.1) is 0 Å². The quantitative estimate of drug-likeness (QED) is 0.651. The van der Waals surface area contributed by atoms with Crippen LogP contribution >= 0.6 is 0 Å². The van der Waals surface area contributed by atoms with Crippen molar-refractivity contribution in [2.24, 2.45) is 5.41 Å². The average Bonchev–Trinajstić information content (AvgIpc) is 2.10. The zero-order chi connectivity index (χ0) is 17.7. The van der Waals surface area contributed by atoms with Crippen molar-refractivity contribution in [3.8, 4) is 0 Å². The largest absolute Gasteiger partial charge is 0.458 e. The highest BCUT2D eigenvalue weighted by Crippen LogP contribution is 2.55. The molecule has 0 saturated heterocycles. The predicted octanol–water partition coefficient (Wildman–Crippen LogP) is 5.07. The van der Waals surface area contributed by atoms with Crippen LogP contribution < -0.4 is 0 Å². The summed E-state index contributed by atoms with van der Waals surface area (Å²) in [4.78, 5) is 0. The van der Waals surface area contributed by atoms with E-state index in [1.54, 1.807) is 0 Å². The highest BCUT2D eigenvalue weighted by molar-refractivity contribution is 4.94. The Balaban J connectivity index is 5.89.